The van der Waals surface area contributed by atoms with Gasteiger partial charge in [0, 0.05) is 25.2 Å². The molecular weight excluding hydrogens is 255 g/mol. The van der Waals surface area contributed by atoms with E-state index in [0.717, 1.165) is 30.1 Å². The summed E-state index contributed by atoms with van der Waals surface area (Å²) in [5.41, 5.74) is 1.59. The summed E-state index contributed by atoms with van der Waals surface area (Å²) in [5, 5.41) is 3.49. The highest BCUT2D eigenvalue weighted by Gasteiger charge is 2.26. The third-order valence-corrected chi connectivity index (χ3v) is 3.84. The summed E-state index contributed by atoms with van der Waals surface area (Å²) in [7, 11) is 0. The average molecular weight is 276 g/mol. The Bertz CT molecular complexity index is 593. The van der Waals surface area contributed by atoms with E-state index >= 15 is 0 Å². The molecule has 1 aromatic heterocycles. The van der Waals surface area contributed by atoms with Gasteiger partial charge in [-0.15, -0.1) is 0 Å². The summed E-state index contributed by atoms with van der Waals surface area (Å²) in [6, 6.07) is 5.63. The number of fused-ring (bicyclic) bond motifs is 1. The van der Waals surface area contributed by atoms with Gasteiger partial charge in [-0.3, -0.25) is 0 Å². The smallest absolute Gasteiger partial charge is 0.204 e. The van der Waals surface area contributed by atoms with Crippen molar-refractivity contribution in [2.75, 3.05) is 18.0 Å². The van der Waals surface area contributed by atoms with Gasteiger partial charge in [-0.05, 0) is 31.0 Å². The second-order valence-corrected chi connectivity index (χ2v) is 5.77. The Morgan fingerprint density at radius 1 is 1.50 bits per heavy atom. The van der Waals surface area contributed by atoms with E-state index in [1.54, 1.807) is 6.07 Å². The van der Waals surface area contributed by atoms with Crippen LogP contribution >= 0.6 is 0 Å². The zero-order chi connectivity index (χ0) is 14.1. The van der Waals surface area contributed by atoms with E-state index in [-0.39, 0.29) is 5.82 Å². The van der Waals surface area contributed by atoms with Crippen molar-refractivity contribution in [2.45, 2.75) is 38.8 Å². The van der Waals surface area contributed by atoms with Crippen LogP contribution in [0, 0.1) is 5.82 Å². The lowest BCUT2D eigenvalue weighted by Crippen LogP contribution is -2.40. The molecule has 1 unspecified atom stereocenters. The van der Waals surface area contributed by atoms with Gasteiger partial charge in [0.1, 0.15) is 5.82 Å². The molecule has 2 N–H and O–H groups in total. The van der Waals surface area contributed by atoms with Crippen LogP contribution in [0.4, 0.5) is 10.3 Å². The predicted octanol–water partition coefficient (Wildman–Crippen LogP) is 2.67. The van der Waals surface area contributed by atoms with Gasteiger partial charge < -0.3 is 15.2 Å². The molecule has 1 aromatic carbocycles. The van der Waals surface area contributed by atoms with Crippen molar-refractivity contribution in [3.8, 4) is 0 Å². The number of benzene rings is 1. The van der Waals surface area contributed by atoms with Gasteiger partial charge in [0.05, 0.1) is 11.0 Å². The van der Waals surface area contributed by atoms with Crippen LogP contribution in [0.2, 0.25) is 0 Å². The summed E-state index contributed by atoms with van der Waals surface area (Å²) >= 11 is 0. The minimum Gasteiger partial charge on any atom is -0.338 e. The molecule has 3 rings (SSSR count). The number of nitrogens with zero attached hydrogens (tertiary/aromatic N) is 2. The van der Waals surface area contributed by atoms with Crippen molar-refractivity contribution in [2.24, 2.45) is 0 Å². The molecule has 108 valence electrons. The fraction of sp³-hybridized carbons (Fsp3) is 0.533. The number of halogens is 1. The molecular formula is C15H21FN4. The van der Waals surface area contributed by atoms with E-state index in [2.05, 4.69) is 34.0 Å². The molecule has 1 saturated heterocycles. The Labute approximate surface area is 118 Å². The third-order valence-electron chi connectivity index (χ3n) is 3.84. The fourth-order valence-electron chi connectivity index (χ4n) is 2.80. The minimum absolute atomic E-state index is 0.229. The lowest BCUT2D eigenvalue weighted by Gasteiger charge is -2.25. The van der Waals surface area contributed by atoms with Crippen molar-refractivity contribution in [3.63, 3.8) is 0 Å². The highest BCUT2D eigenvalue weighted by Crippen LogP contribution is 2.25. The zero-order valence-electron chi connectivity index (χ0n) is 12.0. The first kappa shape index (κ1) is 13.4. The van der Waals surface area contributed by atoms with Gasteiger partial charge in [-0.25, -0.2) is 9.37 Å². The largest absolute Gasteiger partial charge is 0.338 e. The first-order valence-corrected chi connectivity index (χ1v) is 7.29. The Balaban J connectivity index is 1.81. The standard InChI is InChI=1S/C15H21FN4/c1-10(2)17-9-12-4-3-7-20(12)15-18-13-6-5-11(16)8-14(13)19-15/h5-6,8,10,12,17H,3-4,7,9H2,1-2H3,(H,18,19). The Kier molecular flexibility index (Phi) is 3.61. The van der Waals surface area contributed by atoms with Gasteiger partial charge >= 0.3 is 0 Å². The zero-order valence-corrected chi connectivity index (χ0v) is 12.0. The van der Waals surface area contributed by atoms with Crippen molar-refractivity contribution in [3.05, 3.63) is 24.0 Å². The van der Waals surface area contributed by atoms with E-state index in [1.165, 1.54) is 25.0 Å². The van der Waals surface area contributed by atoms with Gasteiger partial charge in [0.25, 0.3) is 0 Å². The van der Waals surface area contributed by atoms with Crippen molar-refractivity contribution >= 4 is 17.0 Å². The Hall–Kier alpha value is -1.62. The van der Waals surface area contributed by atoms with Crippen LogP contribution in [0.15, 0.2) is 18.2 Å². The number of nitrogens with one attached hydrogen (secondary N) is 2. The first-order valence-electron chi connectivity index (χ1n) is 7.29. The van der Waals surface area contributed by atoms with Crippen molar-refractivity contribution in [1.29, 1.82) is 0 Å². The molecule has 20 heavy (non-hydrogen) atoms. The maximum absolute atomic E-state index is 13.2. The molecule has 2 aromatic rings. The summed E-state index contributed by atoms with van der Waals surface area (Å²) < 4.78 is 13.2. The number of H-pyrrole nitrogens is 1. The van der Waals surface area contributed by atoms with Crippen LogP contribution in [0.1, 0.15) is 26.7 Å². The quantitative estimate of drug-likeness (QED) is 0.902. The van der Waals surface area contributed by atoms with Crippen LogP contribution in [0.3, 0.4) is 0 Å². The number of hydrogen-bond donors (Lipinski definition) is 2. The average Bonchev–Trinajstić information content (AvgIpc) is 3.01. The monoisotopic (exact) mass is 276 g/mol. The maximum Gasteiger partial charge on any atom is 0.204 e. The molecule has 2 heterocycles. The molecule has 1 fully saturated rings. The van der Waals surface area contributed by atoms with Crippen molar-refractivity contribution < 1.29 is 4.39 Å². The molecule has 0 aliphatic carbocycles. The third kappa shape index (κ3) is 2.63. The molecule has 1 aliphatic rings. The highest BCUT2D eigenvalue weighted by atomic mass is 19.1. The summed E-state index contributed by atoms with van der Waals surface area (Å²) in [6.07, 6.45) is 2.35. The van der Waals surface area contributed by atoms with Gasteiger partial charge in [-0.1, -0.05) is 13.8 Å². The van der Waals surface area contributed by atoms with E-state index in [4.69, 9.17) is 0 Å². The van der Waals surface area contributed by atoms with Crippen LogP contribution in [0.5, 0.6) is 0 Å². The van der Waals surface area contributed by atoms with Crippen LogP contribution in [0.25, 0.3) is 11.0 Å². The number of aromatic nitrogens is 2. The van der Waals surface area contributed by atoms with E-state index in [1.807, 2.05) is 0 Å². The molecule has 5 heteroatoms. The number of hydrogen-bond acceptors (Lipinski definition) is 3. The molecule has 0 saturated carbocycles. The number of aromatic amines is 1. The summed E-state index contributed by atoms with van der Waals surface area (Å²) in [4.78, 5) is 10.1. The second-order valence-electron chi connectivity index (χ2n) is 5.77. The fourth-order valence-corrected chi connectivity index (χ4v) is 2.80. The van der Waals surface area contributed by atoms with Gasteiger partial charge in [-0.2, -0.15) is 0 Å². The van der Waals surface area contributed by atoms with E-state index < -0.39 is 0 Å². The van der Waals surface area contributed by atoms with E-state index in [0.29, 0.717) is 12.1 Å². The predicted molar refractivity (Wildman–Crippen MR) is 79.6 cm³/mol. The molecule has 0 spiro atoms. The second kappa shape index (κ2) is 5.40. The van der Waals surface area contributed by atoms with Gasteiger partial charge in [0.2, 0.25) is 5.95 Å². The van der Waals surface area contributed by atoms with Crippen LogP contribution in [-0.2, 0) is 0 Å². The molecule has 1 aliphatic heterocycles. The van der Waals surface area contributed by atoms with Crippen LogP contribution < -0.4 is 10.2 Å². The molecule has 1 atom stereocenters. The maximum atomic E-state index is 13.2. The minimum atomic E-state index is -0.229. The lowest BCUT2D eigenvalue weighted by atomic mass is 10.2. The Morgan fingerprint density at radius 3 is 3.15 bits per heavy atom. The van der Waals surface area contributed by atoms with Crippen LogP contribution in [-0.4, -0.2) is 35.1 Å². The summed E-state index contributed by atoms with van der Waals surface area (Å²) in [6.45, 7) is 6.28. The normalized spacial score (nSPS) is 19.4. The van der Waals surface area contributed by atoms with Crippen molar-refractivity contribution in [1.82, 2.24) is 15.3 Å². The molecule has 0 radical (unpaired) electrons. The lowest BCUT2D eigenvalue weighted by molar-refractivity contribution is 0.521. The molecule has 4 nitrogen and oxygen atoms in total. The molecule has 0 amide bonds. The number of anilines is 1. The number of rotatable bonds is 4. The first-order chi connectivity index (χ1) is 9.63. The Morgan fingerprint density at radius 2 is 2.35 bits per heavy atom. The van der Waals surface area contributed by atoms with Gasteiger partial charge in [0.15, 0.2) is 0 Å². The summed E-state index contributed by atoms with van der Waals surface area (Å²) in [5.74, 6) is 0.630. The highest BCUT2D eigenvalue weighted by molar-refractivity contribution is 5.77. The SMILES string of the molecule is CC(C)NCC1CCCN1c1nc2ccc(F)cc2[nH]1. The number of imidazole rings is 1. The topological polar surface area (TPSA) is 44.0 Å². The van der Waals surface area contributed by atoms with E-state index in [9.17, 15) is 4.39 Å². The molecule has 0 bridgehead atoms.